The molecular formula is C62H114N8O24. The first-order chi connectivity index (χ1) is 44.7. The molecule has 3 aliphatic heterocycles. The van der Waals surface area contributed by atoms with E-state index in [1.807, 2.05) is 0 Å². The molecule has 3 saturated heterocycles. The zero-order valence-corrected chi connectivity index (χ0v) is 56.1. The summed E-state index contributed by atoms with van der Waals surface area (Å²) in [6.07, 6.45) is -12.7. The summed E-state index contributed by atoms with van der Waals surface area (Å²) in [7, 11) is 1.54. The topological polar surface area (TPSA) is 479 Å². The Morgan fingerprint density at radius 1 is 0.372 bits per heavy atom. The lowest BCUT2D eigenvalue weighted by atomic mass is 9.82. The van der Waals surface area contributed by atoms with Crippen molar-refractivity contribution < 1.29 is 117 Å². The lowest BCUT2D eigenvalue weighted by Gasteiger charge is -2.40. The Hall–Kier alpha value is -4.88. The molecule has 17 N–H and O–H groups in total. The van der Waals surface area contributed by atoms with Crippen LogP contribution >= 0.6 is 0 Å². The molecular weight excluding hydrogens is 1240 g/mol. The first kappa shape index (κ1) is 85.2. The number of carbonyl (C=O) groups excluding carboxylic acids is 8. The Balaban J connectivity index is 0.00000729. The Bertz CT molecular complexity index is 1990. The molecule has 0 bridgehead atoms. The normalized spacial score (nSPS) is 26.5. The lowest BCUT2D eigenvalue weighted by molar-refractivity contribution is -0.282. The molecule has 0 aliphatic carbocycles. The van der Waals surface area contributed by atoms with Gasteiger partial charge in [-0.25, -0.2) is 0 Å². The van der Waals surface area contributed by atoms with Crippen molar-refractivity contribution in [3.8, 4) is 0 Å². The molecule has 94 heavy (non-hydrogen) atoms. The number of hydrogen-bond donors (Lipinski definition) is 17. The quantitative estimate of drug-likeness (QED) is 0.0263. The van der Waals surface area contributed by atoms with Crippen LogP contribution in [0.25, 0.3) is 0 Å². The Morgan fingerprint density at radius 2 is 0.628 bits per heavy atom. The predicted molar refractivity (Wildman–Crippen MR) is 337 cm³/mol. The van der Waals surface area contributed by atoms with E-state index in [-0.39, 0.29) is 160 Å². The van der Waals surface area contributed by atoms with Crippen molar-refractivity contribution in [3.05, 3.63) is 0 Å². The number of amides is 8. The molecule has 3 fully saturated rings. The van der Waals surface area contributed by atoms with Crippen LogP contribution in [-0.4, -0.2) is 272 Å². The summed E-state index contributed by atoms with van der Waals surface area (Å²) >= 11 is 0. The fourth-order valence-corrected chi connectivity index (χ4v) is 10.1. The van der Waals surface area contributed by atoms with E-state index in [0.29, 0.717) is 38.8 Å². The van der Waals surface area contributed by atoms with E-state index >= 15 is 0 Å². The van der Waals surface area contributed by atoms with Crippen LogP contribution in [0.15, 0.2) is 0 Å². The Labute approximate surface area is 552 Å². The summed E-state index contributed by atoms with van der Waals surface area (Å²) in [6.45, 7) is 11.2. The standard InChI is InChI=1S/C58H104N8O24.C4H10/c1-35-49(78)52(81)38(32-67)88-55(35)85-29-15-45(74)62-24-6-21-59-42(71)12-18-58(66-48(77)11-5-10-41(70)65-27-9-28-84-4,19-13-43(72)60-22-7-25-63-46(75)16-30-86-56-36(2)50(79)53(82)39(33-68)89-56)20-14-44(73)61-23-8-26-64-47(76)17-31-87-57-37(3)51(80)54(83)40(34-69)90-57;1-4(2)3/h35-40,49-57,67-69,78-83H,5-34H2,1-4H3,(H,59,71)(H,60,72)(H,61,73)(H,62,74)(H,63,75)(H,64,76)(H,65,70)(H,66,77);4H,1-3H3/t35-,36-,37-,38?,39?,40?,49?,50?,51?,52-,53-,54-,55+,56+,57+,58?;/m0./s1. The van der Waals surface area contributed by atoms with Crippen LogP contribution < -0.4 is 42.5 Å². The minimum absolute atomic E-state index is 0.0294. The number of aliphatic hydroxyl groups excluding tert-OH is 9. The SMILES string of the molecule is CC(C)C.COCCCNC(=O)CCCC(=O)NC(CCC(=O)NCCCNC(=O)CCO[C@@H]1OC(CO)[C@H](O)C(O)[C@@H]1C)(CCC(=O)NCCCNC(=O)CCO[C@@H]1OC(CO)[C@H](O)C(O)[C@@H]1C)CCC(=O)NCCCNC(=O)CCO[C@@H]1OC(CO)[C@H](O)C(O)[C@@H]1C. The largest absolute Gasteiger partial charge is 0.394 e. The van der Waals surface area contributed by atoms with Crippen molar-refractivity contribution in [1.29, 1.82) is 0 Å². The average molecular weight is 1360 g/mol. The molecule has 6 unspecified atom stereocenters. The van der Waals surface area contributed by atoms with Gasteiger partial charge in [-0.1, -0.05) is 41.5 Å². The number of methoxy groups -OCH3 is 1. The van der Waals surface area contributed by atoms with Crippen molar-refractivity contribution in [1.82, 2.24) is 42.5 Å². The molecule has 0 aromatic rings. The molecule has 0 radical (unpaired) electrons. The number of hydrogen-bond acceptors (Lipinski definition) is 24. The Kier molecular flexibility index (Phi) is 43.5. The van der Waals surface area contributed by atoms with Crippen LogP contribution in [0.5, 0.6) is 0 Å². The maximum Gasteiger partial charge on any atom is 0.222 e. The van der Waals surface area contributed by atoms with Crippen molar-refractivity contribution in [2.75, 3.05) is 99.2 Å². The molecule has 8 amide bonds. The average Bonchev–Trinajstić information content (AvgIpc) is 1.12. The molecule has 0 saturated carbocycles. The minimum Gasteiger partial charge on any atom is -0.394 e. The van der Waals surface area contributed by atoms with Gasteiger partial charge >= 0.3 is 0 Å². The first-order valence-electron chi connectivity index (χ1n) is 33.1. The smallest absolute Gasteiger partial charge is 0.222 e. The molecule has 32 nitrogen and oxygen atoms in total. The molecule has 3 rings (SSSR count). The number of ether oxygens (including phenoxy) is 7. The van der Waals surface area contributed by atoms with E-state index < -0.39 is 141 Å². The molecule has 0 spiro atoms. The van der Waals surface area contributed by atoms with Gasteiger partial charge in [0.15, 0.2) is 18.9 Å². The fourth-order valence-electron chi connectivity index (χ4n) is 10.1. The monoisotopic (exact) mass is 1350 g/mol. The van der Waals surface area contributed by atoms with Crippen LogP contribution in [-0.2, 0) is 71.5 Å². The summed E-state index contributed by atoms with van der Waals surface area (Å²) in [5.41, 5.74) is -1.32. The third-order valence-corrected chi connectivity index (χ3v) is 15.9. The molecule has 32 heteroatoms. The zero-order chi connectivity index (χ0) is 70.2. The van der Waals surface area contributed by atoms with Crippen molar-refractivity contribution in [2.45, 2.75) is 224 Å². The third-order valence-electron chi connectivity index (χ3n) is 15.9. The van der Waals surface area contributed by atoms with E-state index in [0.717, 1.165) is 5.92 Å². The van der Waals surface area contributed by atoms with Gasteiger partial charge in [0, 0.05) is 115 Å². The second-order valence-corrected chi connectivity index (χ2v) is 24.8. The highest BCUT2D eigenvalue weighted by Gasteiger charge is 2.45. The van der Waals surface area contributed by atoms with E-state index in [2.05, 4.69) is 63.3 Å². The second-order valence-electron chi connectivity index (χ2n) is 24.8. The van der Waals surface area contributed by atoms with Gasteiger partial charge in [-0.2, -0.15) is 0 Å². The highest BCUT2D eigenvalue weighted by atomic mass is 16.7. The second kappa shape index (κ2) is 47.9. The lowest BCUT2D eigenvalue weighted by Crippen LogP contribution is -2.55. The number of rotatable bonds is 45. The van der Waals surface area contributed by atoms with E-state index in [1.165, 1.54) is 0 Å². The predicted octanol–water partition coefficient (Wildman–Crippen LogP) is -3.52. The molecule has 0 aromatic heterocycles. The van der Waals surface area contributed by atoms with Gasteiger partial charge < -0.3 is 122 Å². The summed E-state index contributed by atoms with van der Waals surface area (Å²) in [4.78, 5) is 105. The molecule has 3 aliphatic rings. The third kappa shape index (κ3) is 33.9. The summed E-state index contributed by atoms with van der Waals surface area (Å²) in [6, 6.07) is 0. The molecule has 3 heterocycles. The maximum absolute atomic E-state index is 13.8. The fraction of sp³-hybridized carbons (Fsp3) is 0.871. The Morgan fingerprint density at radius 3 is 0.904 bits per heavy atom. The van der Waals surface area contributed by atoms with Gasteiger partial charge in [0.05, 0.1) is 77.2 Å². The van der Waals surface area contributed by atoms with Crippen LogP contribution in [0.4, 0.5) is 0 Å². The molecule has 546 valence electrons. The van der Waals surface area contributed by atoms with Crippen LogP contribution in [0.2, 0.25) is 0 Å². The van der Waals surface area contributed by atoms with Gasteiger partial charge in [-0.15, -0.1) is 0 Å². The van der Waals surface area contributed by atoms with Gasteiger partial charge in [-0.3, -0.25) is 38.4 Å². The van der Waals surface area contributed by atoms with Gasteiger partial charge in [0.1, 0.15) is 36.6 Å². The zero-order valence-electron chi connectivity index (χ0n) is 56.1. The summed E-state index contributed by atoms with van der Waals surface area (Å²) < 4.78 is 38.5. The maximum atomic E-state index is 13.8. The number of aliphatic hydroxyl groups is 9. The van der Waals surface area contributed by atoms with E-state index in [9.17, 15) is 84.3 Å². The van der Waals surface area contributed by atoms with Crippen molar-refractivity contribution in [3.63, 3.8) is 0 Å². The summed E-state index contributed by atoms with van der Waals surface area (Å²) in [5, 5.41) is 112. The van der Waals surface area contributed by atoms with Gasteiger partial charge in [0.2, 0.25) is 47.3 Å². The number of carbonyl (C=O) groups is 8. The van der Waals surface area contributed by atoms with Gasteiger partial charge in [-0.05, 0) is 57.3 Å². The van der Waals surface area contributed by atoms with Crippen LogP contribution in [0.1, 0.15) is 144 Å². The van der Waals surface area contributed by atoms with Crippen LogP contribution in [0.3, 0.4) is 0 Å². The highest BCUT2D eigenvalue weighted by Crippen LogP contribution is 2.30. The highest BCUT2D eigenvalue weighted by molar-refractivity contribution is 5.81. The minimum atomic E-state index is -1.32. The first-order valence-corrected chi connectivity index (χ1v) is 33.1. The number of nitrogens with one attached hydrogen (secondary N) is 8. The van der Waals surface area contributed by atoms with Crippen molar-refractivity contribution in [2.24, 2.45) is 23.7 Å². The van der Waals surface area contributed by atoms with Crippen molar-refractivity contribution >= 4 is 47.3 Å². The van der Waals surface area contributed by atoms with Crippen LogP contribution in [0, 0.1) is 23.7 Å². The van der Waals surface area contributed by atoms with Gasteiger partial charge in [0.25, 0.3) is 0 Å². The van der Waals surface area contributed by atoms with E-state index in [1.54, 1.807) is 27.9 Å². The van der Waals surface area contributed by atoms with E-state index in [4.69, 9.17) is 33.2 Å². The molecule has 0 aromatic carbocycles. The summed E-state index contributed by atoms with van der Waals surface area (Å²) in [5.74, 6) is -4.23. The molecule has 15 atom stereocenters.